The molecule has 0 aliphatic carbocycles. The molecule has 2 aromatic carbocycles. The molecular weight excluding hydrogens is 430 g/mol. The minimum absolute atomic E-state index is 0.0652. The Hall–Kier alpha value is -3.98. The molecule has 3 heterocycles. The average Bonchev–Trinajstić information content (AvgIpc) is 3.26. The summed E-state index contributed by atoms with van der Waals surface area (Å²) in [6, 6.07) is 16.9. The van der Waals surface area contributed by atoms with Crippen molar-refractivity contribution in [2.75, 3.05) is 43.5 Å². The van der Waals surface area contributed by atoms with Crippen LogP contribution >= 0.6 is 0 Å². The van der Waals surface area contributed by atoms with Crippen molar-refractivity contribution < 1.29 is 9.53 Å². The third kappa shape index (κ3) is 4.29. The van der Waals surface area contributed by atoms with Gasteiger partial charge >= 0.3 is 0 Å². The van der Waals surface area contributed by atoms with E-state index in [9.17, 15) is 4.79 Å². The van der Waals surface area contributed by atoms with Gasteiger partial charge in [0.15, 0.2) is 5.65 Å². The number of hydrogen-bond acceptors (Lipinski definition) is 7. The Kier molecular flexibility index (Phi) is 6.09. The summed E-state index contributed by atoms with van der Waals surface area (Å²) in [4.78, 5) is 26.8. The number of methoxy groups -OCH3 is 1. The molecule has 2 aromatic heterocycles. The molecule has 0 radical (unpaired) electrons. The van der Waals surface area contributed by atoms with E-state index < -0.39 is 6.04 Å². The number of carbonyl (C=O) groups excluding carboxylic acids is 1. The zero-order chi connectivity index (χ0) is 23.5. The van der Waals surface area contributed by atoms with Crippen LogP contribution in [-0.4, -0.2) is 63.8 Å². The Morgan fingerprint density at radius 2 is 1.82 bits per heavy atom. The van der Waals surface area contributed by atoms with E-state index in [1.807, 2.05) is 67.8 Å². The number of nitrogens with zero attached hydrogens (tertiary/aromatic N) is 6. The first-order valence-electron chi connectivity index (χ1n) is 11.3. The number of aryl methyl sites for hydroxylation is 1. The van der Waals surface area contributed by atoms with Gasteiger partial charge in [0.25, 0.3) is 0 Å². The van der Waals surface area contributed by atoms with Crippen LogP contribution < -0.4 is 15.0 Å². The largest absolute Gasteiger partial charge is 0.497 e. The zero-order valence-electron chi connectivity index (χ0n) is 19.3. The number of benzene rings is 2. The minimum Gasteiger partial charge on any atom is -0.497 e. The van der Waals surface area contributed by atoms with Gasteiger partial charge in [0, 0.05) is 45.0 Å². The number of carbonyl (C=O) groups is 1. The summed E-state index contributed by atoms with van der Waals surface area (Å²) >= 11 is 0. The van der Waals surface area contributed by atoms with Crippen LogP contribution in [0.3, 0.4) is 0 Å². The summed E-state index contributed by atoms with van der Waals surface area (Å²) in [5, 5.41) is 8.34. The predicted molar refractivity (Wildman–Crippen MR) is 131 cm³/mol. The topological polar surface area (TPSA) is 88.4 Å². The third-order valence-electron chi connectivity index (χ3n) is 6.19. The molecule has 4 aromatic rings. The van der Waals surface area contributed by atoms with Crippen molar-refractivity contribution in [1.29, 1.82) is 0 Å². The molecule has 0 spiro atoms. The molecule has 1 unspecified atom stereocenters. The van der Waals surface area contributed by atoms with Crippen LogP contribution in [0.25, 0.3) is 11.0 Å². The number of aromatic nitrogens is 4. The van der Waals surface area contributed by atoms with Crippen LogP contribution in [0.15, 0.2) is 67.1 Å². The van der Waals surface area contributed by atoms with Crippen LogP contribution in [0.4, 0.5) is 11.5 Å². The van der Waals surface area contributed by atoms with E-state index in [0.29, 0.717) is 11.4 Å². The Morgan fingerprint density at radius 3 is 2.59 bits per heavy atom. The quantitative estimate of drug-likeness (QED) is 0.476. The molecule has 5 rings (SSSR count). The summed E-state index contributed by atoms with van der Waals surface area (Å²) in [6.45, 7) is 2.93. The first kappa shape index (κ1) is 21.8. The van der Waals surface area contributed by atoms with Crippen molar-refractivity contribution in [1.82, 2.24) is 24.6 Å². The number of fused-ring (bicyclic) bond motifs is 1. The van der Waals surface area contributed by atoms with E-state index in [-0.39, 0.29) is 5.91 Å². The molecule has 1 aliphatic rings. The van der Waals surface area contributed by atoms with Gasteiger partial charge < -0.3 is 15.0 Å². The molecule has 1 aliphatic heterocycles. The van der Waals surface area contributed by atoms with Crippen LogP contribution in [0.1, 0.15) is 11.6 Å². The molecule has 0 bridgehead atoms. The highest BCUT2D eigenvalue weighted by Crippen LogP contribution is 2.28. The van der Waals surface area contributed by atoms with Crippen LogP contribution in [0.2, 0.25) is 0 Å². The number of nitrogens with one attached hydrogen (secondary N) is 1. The number of ether oxygens (including phenoxy) is 1. The highest BCUT2D eigenvalue weighted by Gasteiger charge is 2.31. The smallest absolute Gasteiger partial charge is 0.246 e. The normalized spacial score (nSPS) is 15.3. The number of anilines is 2. The fourth-order valence-corrected chi connectivity index (χ4v) is 4.47. The molecule has 1 amide bonds. The van der Waals surface area contributed by atoms with Crippen molar-refractivity contribution in [2.45, 2.75) is 6.04 Å². The third-order valence-corrected chi connectivity index (χ3v) is 6.19. The number of hydrogen-bond donors (Lipinski definition) is 1. The van der Waals surface area contributed by atoms with Crippen molar-refractivity contribution >= 4 is 28.4 Å². The second kappa shape index (κ2) is 9.48. The summed E-state index contributed by atoms with van der Waals surface area (Å²) in [6.07, 6.45) is 3.39. The summed E-state index contributed by atoms with van der Waals surface area (Å²) in [5.74, 6) is 1.52. The average molecular weight is 458 g/mol. The first-order chi connectivity index (χ1) is 16.6. The molecule has 9 nitrogen and oxygen atoms in total. The van der Waals surface area contributed by atoms with E-state index >= 15 is 0 Å². The molecule has 9 heteroatoms. The van der Waals surface area contributed by atoms with Gasteiger partial charge in [0.1, 0.15) is 23.9 Å². The second-order valence-electron chi connectivity index (χ2n) is 8.26. The zero-order valence-corrected chi connectivity index (χ0v) is 19.3. The van der Waals surface area contributed by atoms with E-state index in [0.717, 1.165) is 48.6 Å². The lowest BCUT2D eigenvalue weighted by Crippen LogP contribution is -2.50. The molecular formula is C25H27N7O2. The molecule has 1 saturated heterocycles. The Labute approximate surface area is 198 Å². The maximum absolute atomic E-state index is 13.5. The van der Waals surface area contributed by atoms with Gasteiger partial charge in [-0.15, -0.1) is 0 Å². The monoisotopic (exact) mass is 457 g/mol. The van der Waals surface area contributed by atoms with E-state index in [1.165, 1.54) is 0 Å². The fourth-order valence-electron chi connectivity index (χ4n) is 4.47. The second-order valence-corrected chi connectivity index (χ2v) is 8.26. The minimum atomic E-state index is -0.404. The van der Waals surface area contributed by atoms with Crippen molar-refractivity contribution in [3.05, 3.63) is 72.7 Å². The highest BCUT2D eigenvalue weighted by molar-refractivity contribution is 5.95. The van der Waals surface area contributed by atoms with Gasteiger partial charge in [-0.3, -0.25) is 14.4 Å². The standard InChI is InChI=1S/C25H27N7O2/c1-30-23-21(16-28-30)24(27-17-26-23)32-13-11-31(12-14-32)22(18-7-4-3-5-8-18)25(33)29-19-9-6-10-20(15-19)34-2/h3-10,15-17,22H,11-14H2,1-2H3,(H,29,33). The SMILES string of the molecule is COc1cccc(NC(=O)C(c2ccccc2)N2CCN(c3ncnc4c3cnn4C)CC2)c1. The van der Waals surface area contributed by atoms with E-state index in [4.69, 9.17) is 4.74 Å². The van der Waals surface area contributed by atoms with Crippen LogP contribution in [-0.2, 0) is 11.8 Å². The molecule has 34 heavy (non-hydrogen) atoms. The fraction of sp³-hybridized carbons (Fsp3) is 0.280. The predicted octanol–water partition coefficient (Wildman–Crippen LogP) is 2.87. The summed E-state index contributed by atoms with van der Waals surface area (Å²) in [7, 11) is 3.49. The maximum Gasteiger partial charge on any atom is 0.246 e. The Bertz CT molecular complexity index is 1280. The molecule has 1 fully saturated rings. The summed E-state index contributed by atoms with van der Waals surface area (Å²) < 4.78 is 7.06. The first-order valence-corrected chi connectivity index (χ1v) is 11.3. The van der Waals surface area contributed by atoms with Gasteiger partial charge in [-0.25, -0.2) is 9.97 Å². The van der Waals surface area contributed by atoms with Crippen molar-refractivity contribution in [2.24, 2.45) is 7.05 Å². The van der Waals surface area contributed by atoms with Gasteiger partial charge in [-0.2, -0.15) is 5.10 Å². The number of rotatable bonds is 6. The molecule has 174 valence electrons. The molecule has 1 atom stereocenters. The van der Waals surface area contributed by atoms with Gasteiger partial charge in [-0.05, 0) is 17.7 Å². The Morgan fingerprint density at radius 1 is 1.03 bits per heavy atom. The number of piperazine rings is 1. The van der Waals surface area contributed by atoms with E-state index in [2.05, 4.69) is 30.2 Å². The Balaban J connectivity index is 1.36. The van der Waals surface area contributed by atoms with Gasteiger partial charge in [0.05, 0.1) is 18.7 Å². The van der Waals surface area contributed by atoms with Crippen LogP contribution in [0.5, 0.6) is 5.75 Å². The lowest BCUT2D eigenvalue weighted by atomic mass is 10.0. The van der Waals surface area contributed by atoms with Crippen LogP contribution in [0, 0.1) is 0 Å². The van der Waals surface area contributed by atoms with Crippen molar-refractivity contribution in [3.63, 3.8) is 0 Å². The van der Waals surface area contributed by atoms with E-state index in [1.54, 1.807) is 18.1 Å². The number of amides is 1. The van der Waals surface area contributed by atoms with Gasteiger partial charge in [-0.1, -0.05) is 36.4 Å². The maximum atomic E-state index is 13.5. The van der Waals surface area contributed by atoms with Gasteiger partial charge in [0.2, 0.25) is 5.91 Å². The molecule has 0 saturated carbocycles. The lowest BCUT2D eigenvalue weighted by molar-refractivity contribution is -0.121. The highest BCUT2D eigenvalue weighted by atomic mass is 16.5. The van der Waals surface area contributed by atoms with Crippen molar-refractivity contribution in [3.8, 4) is 5.75 Å². The summed E-state index contributed by atoms with van der Waals surface area (Å²) in [5.41, 5.74) is 2.49. The molecule has 1 N–H and O–H groups in total. The lowest BCUT2D eigenvalue weighted by Gasteiger charge is -2.39.